The molecule has 2 aromatic rings. The van der Waals surface area contributed by atoms with E-state index in [9.17, 15) is 9.59 Å². The van der Waals surface area contributed by atoms with Crippen molar-refractivity contribution in [1.82, 2.24) is 0 Å². The summed E-state index contributed by atoms with van der Waals surface area (Å²) in [6.07, 6.45) is -0.0997. The van der Waals surface area contributed by atoms with Crippen LogP contribution in [0.5, 0.6) is 0 Å². The molecule has 7 nitrogen and oxygen atoms in total. The van der Waals surface area contributed by atoms with Gasteiger partial charge >= 0.3 is 157 Å². The van der Waals surface area contributed by atoms with Crippen LogP contribution < -0.4 is 0 Å². The molecule has 27 heavy (non-hydrogen) atoms. The monoisotopic (exact) mass is 392 g/mol. The molecule has 0 N–H and O–H groups in total. The van der Waals surface area contributed by atoms with Gasteiger partial charge in [-0.1, -0.05) is 0 Å². The Morgan fingerprint density at radius 1 is 0.741 bits per heavy atom. The average molecular weight is 392 g/mol. The van der Waals surface area contributed by atoms with Crippen LogP contribution in [0.3, 0.4) is 0 Å². The first-order valence-corrected chi connectivity index (χ1v) is 10.0. The van der Waals surface area contributed by atoms with Gasteiger partial charge in [-0.2, -0.15) is 0 Å². The molecule has 1 aliphatic heterocycles. The normalized spacial score (nSPS) is 24.6. The van der Waals surface area contributed by atoms with Gasteiger partial charge in [-0.15, -0.1) is 0 Å². The summed E-state index contributed by atoms with van der Waals surface area (Å²) in [7, 11) is -0.301. The zero-order valence-electron chi connectivity index (χ0n) is 15.2. The molecule has 0 amide bonds. The van der Waals surface area contributed by atoms with Crippen LogP contribution in [0.4, 0.5) is 0 Å². The third-order valence-electron chi connectivity index (χ3n) is 4.60. The maximum absolute atomic E-state index is 11.6. The van der Waals surface area contributed by atoms with Crippen LogP contribution in [0.25, 0.3) is 0 Å². The van der Waals surface area contributed by atoms with Gasteiger partial charge in [0.1, 0.15) is 0 Å². The van der Waals surface area contributed by atoms with Gasteiger partial charge in [0, 0.05) is 0 Å². The Morgan fingerprint density at radius 3 is 1.44 bits per heavy atom. The van der Waals surface area contributed by atoms with Crippen LogP contribution in [-0.4, -0.2) is 33.9 Å². The summed E-state index contributed by atoms with van der Waals surface area (Å²) in [6, 6.07) is 13.9. The second kappa shape index (κ2) is 7.56. The third kappa shape index (κ3) is 3.23. The summed E-state index contributed by atoms with van der Waals surface area (Å²) in [6.45, 7) is 0. The standard InChI is InChI=1S/C19H21O7P/c1-22-27(23-2,24-3)25-18(16-10-6-4-8-14(16)12-20)19(26-27)17-11-7-5-9-15(17)13-21/h4-13,18-19H,1-3H3. The number of carbonyl (C=O) groups excluding carboxylic acids is 2. The molecule has 3 rings (SSSR count). The quantitative estimate of drug-likeness (QED) is 0.516. The molecule has 0 aromatic heterocycles. The molecule has 2 atom stereocenters. The molecule has 8 heteroatoms. The van der Waals surface area contributed by atoms with E-state index >= 15 is 0 Å². The number of hydrogen-bond donors (Lipinski definition) is 0. The summed E-state index contributed by atoms with van der Waals surface area (Å²) in [5.74, 6) is 0. The number of rotatable bonds is 7. The fourth-order valence-corrected chi connectivity index (χ4v) is 5.39. The summed E-state index contributed by atoms with van der Waals surface area (Å²) >= 11 is 0. The molecular weight excluding hydrogens is 371 g/mol. The van der Waals surface area contributed by atoms with Crippen LogP contribution >= 0.6 is 7.74 Å². The Balaban J connectivity index is 2.21. The number of carbonyl (C=O) groups is 2. The van der Waals surface area contributed by atoms with Crippen molar-refractivity contribution in [3.63, 3.8) is 0 Å². The van der Waals surface area contributed by atoms with Gasteiger partial charge in [0.25, 0.3) is 0 Å². The summed E-state index contributed by atoms with van der Waals surface area (Å²) in [5.41, 5.74) is 2.02. The first kappa shape index (κ1) is 19.8. The van der Waals surface area contributed by atoms with Gasteiger partial charge < -0.3 is 0 Å². The van der Waals surface area contributed by atoms with Crippen molar-refractivity contribution in [3.05, 3.63) is 70.8 Å². The van der Waals surface area contributed by atoms with E-state index in [1.165, 1.54) is 21.3 Å². The van der Waals surface area contributed by atoms with Crippen molar-refractivity contribution in [2.45, 2.75) is 12.2 Å². The Hall–Kier alpha value is -1.99. The minimum absolute atomic E-state index is 0.432. The van der Waals surface area contributed by atoms with Gasteiger partial charge in [-0.05, 0) is 0 Å². The molecule has 1 fully saturated rings. The molecule has 144 valence electrons. The molecule has 2 aromatic carbocycles. The maximum atomic E-state index is 11.6. The van der Waals surface area contributed by atoms with Crippen molar-refractivity contribution in [3.8, 4) is 0 Å². The molecule has 2 unspecified atom stereocenters. The molecular formula is C19H21O7P. The molecule has 0 bridgehead atoms. The number of hydrogen-bond acceptors (Lipinski definition) is 7. The summed E-state index contributed by atoms with van der Waals surface area (Å²) in [5, 5.41) is 0. The molecule has 1 heterocycles. The number of benzene rings is 2. The van der Waals surface area contributed by atoms with Crippen LogP contribution in [0, 0.1) is 0 Å². The zero-order chi connectivity index (χ0) is 19.5. The van der Waals surface area contributed by atoms with Crippen LogP contribution in [0.1, 0.15) is 44.1 Å². The van der Waals surface area contributed by atoms with Gasteiger partial charge in [0.05, 0.1) is 0 Å². The van der Waals surface area contributed by atoms with E-state index in [-0.39, 0.29) is 0 Å². The predicted octanol–water partition coefficient (Wildman–Crippen LogP) is 4.21. The van der Waals surface area contributed by atoms with Crippen molar-refractivity contribution >= 4 is 20.3 Å². The van der Waals surface area contributed by atoms with Crippen molar-refractivity contribution in [2.75, 3.05) is 21.3 Å². The second-order valence-corrected chi connectivity index (χ2v) is 8.85. The van der Waals surface area contributed by atoms with Gasteiger partial charge in [-0.3, -0.25) is 0 Å². The second-order valence-electron chi connectivity index (χ2n) is 5.84. The van der Waals surface area contributed by atoms with E-state index in [4.69, 9.17) is 22.6 Å². The van der Waals surface area contributed by atoms with Gasteiger partial charge in [-0.25, -0.2) is 0 Å². The zero-order valence-corrected chi connectivity index (χ0v) is 16.1. The first-order chi connectivity index (χ1) is 13.0. The van der Waals surface area contributed by atoms with Crippen molar-refractivity contribution in [2.24, 2.45) is 0 Å². The molecule has 1 saturated heterocycles. The molecule has 0 aliphatic carbocycles. The molecule has 1 aliphatic rings. The Labute approximate surface area is 157 Å². The Bertz CT molecular complexity index is 775. The fraction of sp³-hybridized carbons (Fsp3) is 0.263. The summed E-state index contributed by atoms with van der Waals surface area (Å²) in [4.78, 5) is 23.1. The van der Waals surface area contributed by atoms with E-state index in [2.05, 4.69) is 0 Å². The van der Waals surface area contributed by atoms with Crippen LogP contribution in [-0.2, 0) is 22.6 Å². The Kier molecular flexibility index (Phi) is 5.53. The van der Waals surface area contributed by atoms with Gasteiger partial charge in [0.15, 0.2) is 0 Å². The van der Waals surface area contributed by atoms with Crippen molar-refractivity contribution in [1.29, 1.82) is 0 Å². The fourth-order valence-electron chi connectivity index (χ4n) is 3.18. The third-order valence-corrected chi connectivity index (χ3v) is 7.53. The first-order valence-electron chi connectivity index (χ1n) is 8.22. The van der Waals surface area contributed by atoms with E-state index in [0.29, 0.717) is 22.3 Å². The van der Waals surface area contributed by atoms with E-state index in [1.807, 2.05) is 0 Å². The average Bonchev–Trinajstić information content (AvgIpc) is 3.11. The molecule has 0 spiro atoms. The predicted molar refractivity (Wildman–Crippen MR) is 99.3 cm³/mol. The van der Waals surface area contributed by atoms with E-state index in [1.54, 1.807) is 48.5 Å². The topological polar surface area (TPSA) is 80.3 Å². The van der Waals surface area contributed by atoms with E-state index < -0.39 is 19.9 Å². The number of aldehydes is 2. The van der Waals surface area contributed by atoms with E-state index in [0.717, 1.165) is 12.6 Å². The Morgan fingerprint density at radius 2 is 1.11 bits per heavy atom. The minimum atomic E-state index is -4.39. The SMILES string of the molecule is COP1(OC)(OC)OC(c2ccccc2C=O)C(c2ccccc2C=O)O1. The summed E-state index contributed by atoms with van der Waals surface area (Å²) < 4.78 is 28.8. The van der Waals surface area contributed by atoms with Crippen LogP contribution in [0.2, 0.25) is 0 Å². The van der Waals surface area contributed by atoms with Crippen LogP contribution in [0.15, 0.2) is 48.5 Å². The molecule has 0 radical (unpaired) electrons. The van der Waals surface area contributed by atoms with Crippen molar-refractivity contribution < 1.29 is 32.2 Å². The molecule has 0 saturated carbocycles. The van der Waals surface area contributed by atoms with Gasteiger partial charge in [0.2, 0.25) is 0 Å².